The van der Waals surface area contributed by atoms with Crippen LogP contribution in [0.15, 0.2) is 0 Å². The molecule has 0 unspecified atom stereocenters. The Labute approximate surface area is 164 Å². The summed E-state index contributed by atoms with van der Waals surface area (Å²) in [5.41, 5.74) is 0. The number of rotatable bonds is 12. The van der Waals surface area contributed by atoms with Crippen molar-refractivity contribution in [1.82, 2.24) is 0 Å². The van der Waals surface area contributed by atoms with Crippen molar-refractivity contribution >= 4 is 38.3 Å². The monoisotopic (exact) mass is 382 g/mol. The second-order valence-electron chi connectivity index (χ2n) is 5.65. The minimum absolute atomic E-state index is 0.365. The van der Waals surface area contributed by atoms with Crippen LogP contribution < -0.4 is 0 Å². The van der Waals surface area contributed by atoms with Gasteiger partial charge in [0.05, 0.1) is 13.2 Å². The van der Waals surface area contributed by atoms with Crippen LogP contribution in [0.25, 0.3) is 0 Å². The minimum Gasteiger partial charge on any atom is -0.394 e. The van der Waals surface area contributed by atoms with Gasteiger partial charge in [0.2, 0.25) is 0 Å². The fourth-order valence-corrected chi connectivity index (χ4v) is 2.30. The Morgan fingerprint density at radius 3 is 1.29 bits per heavy atom. The van der Waals surface area contributed by atoms with Crippen LogP contribution in [0.2, 0.25) is 3.67 Å². The fraction of sp³-hybridized carbons (Fsp3) is 1.00. The maximum Gasteiger partial charge on any atom is 0.394 e. The van der Waals surface area contributed by atoms with Crippen molar-refractivity contribution in [1.29, 1.82) is 0 Å². The molecule has 0 aliphatic heterocycles. The van der Waals surface area contributed by atoms with Crippen LogP contribution in [-0.2, 0) is 10.4 Å². The Kier molecular flexibility index (Phi) is 29.2. The van der Waals surface area contributed by atoms with E-state index in [-0.39, 0.29) is 13.2 Å². The predicted octanol–water partition coefficient (Wildman–Crippen LogP) is 2.17. The molecule has 0 spiro atoms. The Hall–Kier alpha value is 0.750. The molecule has 0 bridgehead atoms. The smallest absolute Gasteiger partial charge is 0.394 e. The van der Waals surface area contributed by atoms with Crippen molar-refractivity contribution < 1.29 is 32.8 Å². The van der Waals surface area contributed by atoms with E-state index < -0.39 is 16.5 Å². The average Bonchev–Trinajstić information content (AvgIpc) is 2.51. The molecule has 9 heteroatoms. The molecule has 5 N–H and O–H groups in total. The van der Waals surface area contributed by atoms with Gasteiger partial charge in [0, 0.05) is 0 Å². The molecule has 144 valence electrons. The number of hydrogen-bond acceptors (Lipinski definition) is 5. The van der Waals surface area contributed by atoms with Gasteiger partial charge in [-0.2, -0.15) is 8.42 Å². The zero-order valence-electron chi connectivity index (χ0n) is 15.2. The molecule has 0 aromatic rings. The van der Waals surface area contributed by atoms with Gasteiger partial charge in [0.1, 0.15) is 6.10 Å². The molecule has 0 rings (SSSR count). The maximum absolute atomic E-state index is 8.74. The summed E-state index contributed by atoms with van der Waals surface area (Å²) in [5.74, 6) is 0. The largest absolute Gasteiger partial charge is 0.394 e. The summed E-state index contributed by atoms with van der Waals surface area (Å²) < 4.78 is 33.1. The van der Waals surface area contributed by atoms with E-state index in [1.807, 2.05) is 0 Å². The number of hydrogen-bond donors (Lipinski definition) is 5. The Bertz CT molecular complexity index is 291. The third-order valence-electron chi connectivity index (χ3n) is 3.13. The summed E-state index contributed by atoms with van der Waals surface area (Å²) in [6.07, 6.45) is 13.8. The van der Waals surface area contributed by atoms with Crippen LogP contribution in [0.3, 0.4) is 0 Å². The van der Waals surface area contributed by atoms with E-state index in [9.17, 15) is 0 Å². The van der Waals surface area contributed by atoms with E-state index in [0.717, 1.165) is 0 Å². The summed E-state index contributed by atoms with van der Waals surface area (Å²) >= 11 is 1.41. The summed E-state index contributed by atoms with van der Waals surface area (Å²) in [4.78, 5) is 0. The molecule has 0 saturated carbocycles. The molecular weight excluding hydrogens is 347 g/mol. The van der Waals surface area contributed by atoms with E-state index >= 15 is 0 Å². The first-order valence-corrected chi connectivity index (χ1v) is 11.6. The molecule has 7 nitrogen and oxygen atoms in total. The number of aliphatic hydroxyl groups is 3. The molecule has 0 saturated heterocycles. The summed E-state index contributed by atoms with van der Waals surface area (Å²) in [7, 11) is -4.67. The van der Waals surface area contributed by atoms with E-state index in [1.165, 1.54) is 95.8 Å². The van der Waals surface area contributed by atoms with Crippen molar-refractivity contribution in [3.05, 3.63) is 0 Å². The first-order chi connectivity index (χ1) is 11.2. The number of unbranched alkanes of at least 4 members (excludes halogenated alkanes) is 9. The summed E-state index contributed by atoms with van der Waals surface area (Å²) in [6.45, 7) is 1.56. The molecule has 0 aromatic carbocycles. The van der Waals surface area contributed by atoms with Crippen LogP contribution in [0.4, 0.5) is 0 Å². The zero-order chi connectivity index (χ0) is 19.3. The fourth-order valence-electron chi connectivity index (χ4n) is 1.80. The van der Waals surface area contributed by atoms with Crippen molar-refractivity contribution in [2.24, 2.45) is 0 Å². The van der Waals surface area contributed by atoms with Gasteiger partial charge in [-0.15, -0.1) is 0 Å². The zero-order valence-corrected chi connectivity index (χ0v) is 18.0. The SMILES string of the molecule is CCCCCCCCCCC[CH2][Na].O=S(=O)(O)O.OCC(O)CO. The Balaban J connectivity index is -0.000000332. The topological polar surface area (TPSA) is 135 Å². The Morgan fingerprint density at radius 1 is 0.792 bits per heavy atom. The van der Waals surface area contributed by atoms with Crippen LogP contribution in [0, 0.1) is 0 Å². The molecular formula is C15H35NaO7S. The van der Waals surface area contributed by atoms with E-state index in [2.05, 4.69) is 6.92 Å². The maximum atomic E-state index is 8.74. The predicted molar refractivity (Wildman–Crippen MR) is 96.8 cm³/mol. The second kappa shape index (κ2) is 23.8. The van der Waals surface area contributed by atoms with Gasteiger partial charge in [-0.1, -0.05) is 0 Å². The van der Waals surface area contributed by atoms with Gasteiger partial charge < -0.3 is 15.3 Å². The van der Waals surface area contributed by atoms with Gasteiger partial charge in [-0.3, -0.25) is 9.11 Å². The average molecular weight is 382 g/mol. The van der Waals surface area contributed by atoms with Gasteiger partial charge in [0.25, 0.3) is 0 Å². The van der Waals surface area contributed by atoms with Gasteiger partial charge in [-0.25, -0.2) is 0 Å². The van der Waals surface area contributed by atoms with E-state index in [4.69, 9.17) is 32.8 Å². The first-order valence-electron chi connectivity index (χ1n) is 8.82. The molecule has 0 aromatic heterocycles. The first kappa shape index (κ1) is 29.5. The number of aliphatic hydroxyl groups excluding tert-OH is 3. The molecule has 0 aliphatic carbocycles. The molecule has 0 atom stereocenters. The van der Waals surface area contributed by atoms with Gasteiger partial charge in [-0.05, 0) is 0 Å². The van der Waals surface area contributed by atoms with Crippen molar-refractivity contribution in [3.8, 4) is 0 Å². The van der Waals surface area contributed by atoms with Crippen LogP contribution in [-0.4, -0.2) is 80.1 Å². The minimum atomic E-state index is -4.67. The molecule has 0 radical (unpaired) electrons. The molecule has 0 amide bonds. The van der Waals surface area contributed by atoms with Crippen LogP contribution in [0.5, 0.6) is 0 Å². The molecule has 0 heterocycles. The van der Waals surface area contributed by atoms with Gasteiger partial charge in [0.15, 0.2) is 0 Å². The van der Waals surface area contributed by atoms with Crippen molar-refractivity contribution in [2.75, 3.05) is 13.2 Å². The van der Waals surface area contributed by atoms with Crippen molar-refractivity contribution in [2.45, 2.75) is 80.9 Å². The third-order valence-corrected chi connectivity index (χ3v) is 3.84. The van der Waals surface area contributed by atoms with Gasteiger partial charge >= 0.3 is 113 Å². The summed E-state index contributed by atoms with van der Waals surface area (Å²) in [6, 6.07) is 0. The quantitative estimate of drug-likeness (QED) is 0.198. The van der Waals surface area contributed by atoms with Crippen LogP contribution in [0.1, 0.15) is 71.1 Å². The Morgan fingerprint density at radius 2 is 1.08 bits per heavy atom. The van der Waals surface area contributed by atoms with Crippen LogP contribution >= 0.6 is 0 Å². The standard InChI is InChI=1S/C12H25.C3H8O3.Na.H2O4S/c1-3-5-7-9-11-12-10-8-6-4-2;4-1-3(6)2-5;;1-5(2,3)4/h1,3-12H2,2H3;3-6H,1-2H2;;(H2,1,2,3,4). The van der Waals surface area contributed by atoms with E-state index in [0.29, 0.717) is 0 Å². The summed E-state index contributed by atoms with van der Waals surface area (Å²) in [5, 5.41) is 24.0. The second-order valence-corrected chi connectivity index (χ2v) is 7.54. The molecule has 24 heavy (non-hydrogen) atoms. The van der Waals surface area contributed by atoms with E-state index in [1.54, 1.807) is 0 Å². The molecule has 0 aliphatic rings. The normalized spacial score (nSPS) is 10.7. The van der Waals surface area contributed by atoms with Crippen molar-refractivity contribution in [3.63, 3.8) is 0 Å². The molecule has 0 fully saturated rings. The third kappa shape index (κ3) is 49.5.